The number of nitrogens with zero attached hydrogens (tertiary/aromatic N) is 2. The van der Waals surface area contributed by atoms with Crippen LogP contribution in [0.4, 0.5) is 0 Å². The van der Waals surface area contributed by atoms with Crippen LogP contribution in [0.25, 0.3) is 6.08 Å². The lowest BCUT2D eigenvalue weighted by molar-refractivity contribution is 0.0600. The first kappa shape index (κ1) is 15.7. The molecule has 0 unspecified atom stereocenters. The summed E-state index contributed by atoms with van der Waals surface area (Å²) in [6, 6.07) is 8.07. The molecule has 0 amide bonds. The third kappa shape index (κ3) is 3.43. The van der Waals surface area contributed by atoms with Crippen molar-refractivity contribution in [3.05, 3.63) is 71.3 Å². The Hall–Kier alpha value is -3.15. The largest absolute Gasteiger partial charge is 0.494 e. The maximum atomic E-state index is 12.5. The Labute approximate surface area is 139 Å². The average molecular weight is 324 g/mol. The number of ether oxygens (including phenoxy) is 2. The van der Waals surface area contributed by atoms with Gasteiger partial charge in [0, 0.05) is 18.2 Å². The second-order valence-corrected chi connectivity index (χ2v) is 5.14. The third-order valence-corrected chi connectivity index (χ3v) is 3.50. The van der Waals surface area contributed by atoms with E-state index in [2.05, 4.69) is 9.84 Å². The summed E-state index contributed by atoms with van der Waals surface area (Å²) in [6.07, 6.45) is 8.09. The van der Waals surface area contributed by atoms with E-state index < -0.39 is 5.97 Å². The summed E-state index contributed by atoms with van der Waals surface area (Å²) in [4.78, 5) is 24.0. The zero-order valence-corrected chi connectivity index (χ0v) is 13.1. The first-order valence-electron chi connectivity index (χ1n) is 7.47. The highest BCUT2D eigenvalue weighted by atomic mass is 16.5. The van der Waals surface area contributed by atoms with Crippen LogP contribution >= 0.6 is 0 Å². The predicted octanol–water partition coefficient (Wildman–Crippen LogP) is 2.68. The van der Waals surface area contributed by atoms with Gasteiger partial charge in [0.1, 0.15) is 5.76 Å². The van der Waals surface area contributed by atoms with Crippen LogP contribution in [0.2, 0.25) is 0 Å². The molecule has 122 valence electrons. The third-order valence-electron chi connectivity index (χ3n) is 3.50. The van der Waals surface area contributed by atoms with Gasteiger partial charge in [-0.25, -0.2) is 9.48 Å². The van der Waals surface area contributed by atoms with Gasteiger partial charge in [0.15, 0.2) is 0 Å². The Morgan fingerprint density at radius 1 is 1.25 bits per heavy atom. The zero-order chi connectivity index (χ0) is 16.9. The normalized spacial score (nSPS) is 13.6. The number of aromatic nitrogens is 2. The second kappa shape index (κ2) is 6.95. The maximum Gasteiger partial charge on any atom is 0.337 e. The average Bonchev–Trinajstić information content (AvgIpc) is 3.30. The van der Waals surface area contributed by atoms with Gasteiger partial charge in [0.25, 0.3) is 5.91 Å². The highest BCUT2D eigenvalue weighted by molar-refractivity contribution is 5.98. The number of hydrogen-bond acceptors (Lipinski definition) is 5. The molecule has 1 aliphatic heterocycles. The molecule has 0 fully saturated rings. The number of rotatable bonds is 4. The fourth-order valence-electron chi connectivity index (χ4n) is 2.29. The highest BCUT2D eigenvalue weighted by Gasteiger charge is 2.13. The van der Waals surface area contributed by atoms with Crippen LogP contribution < -0.4 is 0 Å². The summed E-state index contributed by atoms with van der Waals surface area (Å²) in [5.74, 6) is -0.00281. The van der Waals surface area contributed by atoms with E-state index in [1.807, 2.05) is 12.2 Å². The summed E-state index contributed by atoms with van der Waals surface area (Å²) < 4.78 is 11.3. The predicted molar refractivity (Wildman–Crippen MR) is 87.4 cm³/mol. The van der Waals surface area contributed by atoms with E-state index in [9.17, 15) is 9.59 Å². The fraction of sp³-hybridized carbons (Fsp3) is 0.167. The molecule has 0 saturated carbocycles. The standard InChI is InChI=1S/C18H16N2O4/c1-23-18(22)14-5-2-4-13(12-14)17(21)20-10-9-15(19-20)7-8-16-6-3-11-24-16/h2,4-10,12H,3,11H2,1H3/b8-7+. The van der Waals surface area contributed by atoms with Gasteiger partial charge in [-0.15, -0.1) is 0 Å². The van der Waals surface area contributed by atoms with Gasteiger partial charge in [0.05, 0.1) is 25.0 Å². The van der Waals surface area contributed by atoms with Gasteiger partial charge in [-0.3, -0.25) is 4.79 Å². The molecule has 3 rings (SSSR count). The van der Waals surface area contributed by atoms with Crippen LogP contribution in [0.5, 0.6) is 0 Å². The van der Waals surface area contributed by atoms with Crippen molar-refractivity contribution in [3.63, 3.8) is 0 Å². The smallest absolute Gasteiger partial charge is 0.337 e. The molecule has 0 aliphatic carbocycles. The lowest BCUT2D eigenvalue weighted by Crippen LogP contribution is -2.13. The molecule has 1 aromatic heterocycles. The number of methoxy groups -OCH3 is 1. The number of hydrogen-bond donors (Lipinski definition) is 0. The quantitative estimate of drug-likeness (QED) is 0.809. The van der Waals surface area contributed by atoms with Crippen molar-refractivity contribution in [3.8, 4) is 0 Å². The van der Waals surface area contributed by atoms with Crippen molar-refractivity contribution in [2.45, 2.75) is 6.42 Å². The number of benzene rings is 1. The molecule has 0 spiro atoms. The van der Waals surface area contributed by atoms with Crippen LogP contribution in [0.1, 0.15) is 32.8 Å². The molecule has 0 radical (unpaired) electrons. The van der Waals surface area contributed by atoms with Crippen LogP contribution in [-0.4, -0.2) is 35.4 Å². The summed E-state index contributed by atoms with van der Waals surface area (Å²) in [5.41, 5.74) is 1.32. The molecular formula is C18H16N2O4. The van der Waals surface area contributed by atoms with Crippen molar-refractivity contribution in [1.82, 2.24) is 9.78 Å². The van der Waals surface area contributed by atoms with Crippen LogP contribution in [0.3, 0.4) is 0 Å². The van der Waals surface area contributed by atoms with Crippen molar-refractivity contribution < 1.29 is 19.1 Å². The lowest BCUT2D eigenvalue weighted by atomic mass is 10.1. The number of carbonyl (C=O) groups excluding carboxylic acids is 2. The molecule has 2 aromatic rings. The number of allylic oxidation sites excluding steroid dienone is 1. The van der Waals surface area contributed by atoms with E-state index >= 15 is 0 Å². The van der Waals surface area contributed by atoms with Crippen LogP contribution in [0.15, 0.2) is 54.4 Å². The van der Waals surface area contributed by atoms with E-state index in [1.54, 1.807) is 36.5 Å². The Morgan fingerprint density at radius 3 is 2.83 bits per heavy atom. The molecule has 0 N–H and O–H groups in total. The maximum absolute atomic E-state index is 12.5. The van der Waals surface area contributed by atoms with E-state index in [0.29, 0.717) is 23.4 Å². The fourth-order valence-corrected chi connectivity index (χ4v) is 2.29. The highest BCUT2D eigenvalue weighted by Crippen LogP contribution is 2.13. The number of esters is 1. The molecule has 6 nitrogen and oxygen atoms in total. The second-order valence-electron chi connectivity index (χ2n) is 5.14. The van der Waals surface area contributed by atoms with Gasteiger partial charge in [-0.1, -0.05) is 6.07 Å². The molecule has 1 aromatic carbocycles. The van der Waals surface area contributed by atoms with Gasteiger partial charge in [0.2, 0.25) is 0 Å². The number of carbonyl (C=O) groups is 2. The first-order chi connectivity index (χ1) is 11.7. The summed E-state index contributed by atoms with van der Waals surface area (Å²) in [5, 5.41) is 4.22. The van der Waals surface area contributed by atoms with E-state index in [-0.39, 0.29) is 5.91 Å². The van der Waals surface area contributed by atoms with Crippen LogP contribution in [0, 0.1) is 0 Å². The Morgan fingerprint density at radius 2 is 2.08 bits per heavy atom. The summed E-state index contributed by atoms with van der Waals surface area (Å²) in [7, 11) is 1.30. The molecule has 0 saturated heterocycles. The monoisotopic (exact) mass is 324 g/mol. The minimum absolute atomic E-state index is 0.320. The van der Waals surface area contributed by atoms with E-state index in [4.69, 9.17) is 4.74 Å². The molecule has 0 bridgehead atoms. The molecular weight excluding hydrogens is 308 g/mol. The molecule has 24 heavy (non-hydrogen) atoms. The van der Waals surface area contributed by atoms with Crippen LogP contribution in [-0.2, 0) is 9.47 Å². The van der Waals surface area contributed by atoms with E-state index in [1.165, 1.54) is 17.9 Å². The molecule has 6 heteroatoms. The Kier molecular flexibility index (Phi) is 4.56. The topological polar surface area (TPSA) is 70.4 Å². The first-order valence-corrected chi connectivity index (χ1v) is 7.47. The van der Waals surface area contributed by atoms with Crippen molar-refractivity contribution in [2.24, 2.45) is 0 Å². The minimum atomic E-state index is -0.487. The SMILES string of the molecule is COC(=O)c1cccc(C(=O)n2ccc(/C=C/C3=CCCO3)n2)c1. The van der Waals surface area contributed by atoms with Gasteiger partial charge in [-0.2, -0.15) is 5.10 Å². The van der Waals surface area contributed by atoms with Crippen molar-refractivity contribution >= 4 is 18.0 Å². The van der Waals surface area contributed by atoms with E-state index in [0.717, 1.165) is 12.2 Å². The zero-order valence-electron chi connectivity index (χ0n) is 13.1. The Bertz CT molecular complexity index is 833. The molecule has 2 heterocycles. The van der Waals surface area contributed by atoms with Crippen molar-refractivity contribution in [2.75, 3.05) is 13.7 Å². The minimum Gasteiger partial charge on any atom is -0.494 e. The lowest BCUT2D eigenvalue weighted by Gasteiger charge is -2.03. The summed E-state index contributed by atoms with van der Waals surface area (Å²) >= 11 is 0. The molecule has 0 atom stereocenters. The van der Waals surface area contributed by atoms with Gasteiger partial charge >= 0.3 is 5.97 Å². The molecule has 1 aliphatic rings. The Balaban J connectivity index is 1.77. The van der Waals surface area contributed by atoms with Crippen molar-refractivity contribution in [1.29, 1.82) is 0 Å². The van der Waals surface area contributed by atoms with Gasteiger partial charge < -0.3 is 9.47 Å². The van der Waals surface area contributed by atoms with Gasteiger partial charge in [-0.05, 0) is 42.5 Å². The summed E-state index contributed by atoms with van der Waals surface area (Å²) in [6.45, 7) is 0.698.